The van der Waals surface area contributed by atoms with Gasteiger partial charge >= 0.3 is 0 Å². The number of piperazine rings is 1. The topological polar surface area (TPSA) is 52.7 Å². The molecule has 1 heterocycles. The smallest absolute Gasteiger partial charge is 0.225 e. The SMILES string of the molecule is CC(=O)N1CCN(CCC(=O)Nc2ccc(C)c(Cl)c2)CC1. The Morgan fingerprint density at radius 2 is 1.91 bits per heavy atom. The second kappa shape index (κ2) is 7.61. The number of carbonyl (C=O) groups excluding carboxylic acids is 2. The number of hydrogen-bond acceptors (Lipinski definition) is 3. The molecule has 120 valence electrons. The van der Waals surface area contributed by atoms with Crippen molar-refractivity contribution in [3.63, 3.8) is 0 Å². The maximum Gasteiger partial charge on any atom is 0.225 e. The van der Waals surface area contributed by atoms with Gasteiger partial charge in [-0.25, -0.2) is 0 Å². The van der Waals surface area contributed by atoms with Crippen LogP contribution < -0.4 is 5.32 Å². The number of carbonyl (C=O) groups is 2. The third kappa shape index (κ3) is 4.71. The maximum atomic E-state index is 12.0. The molecule has 1 aliphatic heterocycles. The van der Waals surface area contributed by atoms with E-state index >= 15 is 0 Å². The molecule has 0 spiro atoms. The van der Waals surface area contributed by atoms with Crippen molar-refractivity contribution >= 4 is 29.1 Å². The van der Waals surface area contributed by atoms with Gasteiger partial charge in [0.05, 0.1) is 0 Å². The molecule has 0 aromatic heterocycles. The second-order valence-corrected chi connectivity index (χ2v) is 6.02. The zero-order valence-corrected chi connectivity index (χ0v) is 13.8. The van der Waals surface area contributed by atoms with E-state index < -0.39 is 0 Å². The third-order valence-electron chi connectivity index (χ3n) is 3.93. The van der Waals surface area contributed by atoms with E-state index in [-0.39, 0.29) is 11.8 Å². The molecule has 1 aromatic rings. The number of nitrogens with zero attached hydrogens (tertiary/aromatic N) is 2. The third-order valence-corrected chi connectivity index (χ3v) is 4.34. The first-order valence-electron chi connectivity index (χ1n) is 7.49. The number of aryl methyl sites for hydroxylation is 1. The van der Waals surface area contributed by atoms with E-state index in [1.54, 1.807) is 13.0 Å². The molecule has 1 N–H and O–H groups in total. The van der Waals surface area contributed by atoms with Crippen LogP contribution in [0, 0.1) is 6.92 Å². The first-order chi connectivity index (χ1) is 10.5. The first-order valence-corrected chi connectivity index (χ1v) is 7.87. The first kappa shape index (κ1) is 16.8. The van der Waals surface area contributed by atoms with Crippen molar-refractivity contribution in [3.05, 3.63) is 28.8 Å². The predicted molar refractivity (Wildman–Crippen MR) is 88.1 cm³/mol. The summed E-state index contributed by atoms with van der Waals surface area (Å²) < 4.78 is 0. The molecule has 0 aliphatic carbocycles. The molecule has 6 heteroatoms. The lowest BCUT2D eigenvalue weighted by Crippen LogP contribution is -2.48. The average Bonchev–Trinajstić information content (AvgIpc) is 2.49. The van der Waals surface area contributed by atoms with Crippen molar-refractivity contribution in [2.75, 3.05) is 38.0 Å². The van der Waals surface area contributed by atoms with Crippen LogP contribution in [0.25, 0.3) is 0 Å². The maximum absolute atomic E-state index is 12.0. The molecule has 1 fully saturated rings. The highest BCUT2D eigenvalue weighted by molar-refractivity contribution is 6.31. The molecule has 0 saturated carbocycles. The van der Waals surface area contributed by atoms with E-state index in [4.69, 9.17) is 11.6 Å². The number of benzene rings is 1. The van der Waals surface area contributed by atoms with Crippen LogP contribution in [0.2, 0.25) is 5.02 Å². The Kier molecular flexibility index (Phi) is 5.80. The minimum absolute atomic E-state index is 0.0195. The highest BCUT2D eigenvalue weighted by atomic mass is 35.5. The summed E-state index contributed by atoms with van der Waals surface area (Å²) in [6.45, 7) is 7.35. The molecule has 0 radical (unpaired) electrons. The van der Waals surface area contributed by atoms with Crippen molar-refractivity contribution in [1.82, 2.24) is 9.80 Å². The fourth-order valence-corrected chi connectivity index (χ4v) is 2.62. The number of anilines is 1. The van der Waals surface area contributed by atoms with Gasteiger partial charge in [-0.2, -0.15) is 0 Å². The van der Waals surface area contributed by atoms with E-state index in [0.717, 1.165) is 37.4 Å². The lowest BCUT2D eigenvalue weighted by Gasteiger charge is -2.34. The summed E-state index contributed by atoms with van der Waals surface area (Å²) in [5.74, 6) is 0.0996. The van der Waals surface area contributed by atoms with Crippen molar-refractivity contribution in [2.45, 2.75) is 20.3 Å². The summed E-state index contributed by atoms with van der Waals surface area (Å²) in [6.07, 6.45) is 0.436. The second-order valence-electron chi connectivity index (χ2n) is 5.61. The summed E-state index contributed by atoms with van der Waals surface area (Å²) in [4.78, 5) is 27.3. The Labute approximate surface area is 136 Å². The molecular formula is C16H22ClN3O2. The quantitative estimate of drug-likeness (QED) is 0.923. The fraction of sp³-hybridized carbons (Fsp3) is 0.500. The molecule has 22 heavy (non-hydrogen) atoms. The van der Waals surface area contributed by atoms with Gasteiger partial charge in [0.25, 0.3) is 0 Å². The van der Waals surface area contributed by atoms with Crippen LogP contribution >= 0.6 is 11.6 Å². The molecule has 0 unspecified atom stereocenters. The predicted octanol–water partition coefficient (Wildman–Crippen LogP) is 2.14. The van der Waals surface area contributed by atoms with Crippen LogP contribution in [0.5, 0.6) is 0 Å². The number of nitrogens with one attached hydrogen (secondary N) is 1. The van der Waals surface area contributed by atoms with E-state index in [9.17, 15) is 9.59 Å². The normalized spacial score (nSPS) is 15.7. The van der Waals surface area contributed by atoms with Gasteiger partial charge in [-0.3, -0.25) is 14.5 Å². The van der Waals surface area contributed by atoms with Gasteiger partial charge in [-0.1, -0.05) is 17.7 Å². The highest BCUT2D eigenvalue weighted by Crippen LogP contribution is 2.20. The summed E-state index contributed by atoms with van der Waals surface area (Å²) >= 11 is 6.04. The fourth-order valence-electron chi connectivity index (χ4n) is 2.44. The van der Waals surface area contributed by atoms with Gasteiger partial charge in [0, 0.05) is 56.8 Å². The van der Waals surface area contributed by atoms with Crippen LogP contribution in [0.3, 0.4) is 0 Å². The minimum atomic E-state index is -0.0195. The van der Waals surface area contributed by atoms with Crippen molar-refractivity contribution in [3.8, 4) is 0 Å². The Morgan fingerprint density at radius 3 is 2.50 bits per heavy atom. The Morgan fingerprint density at radius 1 is 1.23 bits per heavy atom. The summed E-state index contributed by atoms with van der Waals surface area (Å²) in [7, 11) is 0. The monoisotopic (exact) mass is 323 g/mol. The largest absolute Gasteiger partial charge is 0.340 e. The van der Waals surface area contributed by atoms with Crippen molar-refractivity contribution < 1.29 is 9.59 Å². The molecule has 5 nitrogen and oxygen atoms in total. The molecule has 2 amide bonds. The molecular weight excluding hydrogens is 302 g/mol. The van der Waals surface area contributed by atoms with Crippen LogP contribution in [0.1, 0.15) is 18.9 Å². The summed E-state index contributed by atoms with van der Waals surface area (Å²) in [5.41, 5.74) is 1.71. The average molecular weight is 324 g/mol. The van der Waals surface area contributed by atoms with Crippen LogP contribution in [0.4, 0.5) is 5.69 Å². The van der Waals surface area contributed by atoms with E-state index in [2.05, 4.69) is 10.2 Å². The van der Waals surface area contributed by atoms with Crippen molar-refractivity contribution in [2.24, 2.45) is 0 Å². The van der Waals surface area contributed by atoms with Crippen LogP contribution in [-0.2, 0) is 9.59 Å². The van der Waals surface area contributed by atoms with Crippen LogP contribution in [0.15, 0.2) is 18.2 Å². The van der Waals surface area contributed by atoms with E-state index in [0.29, 0.717) is 18.0 Å². The lowest BCUT2D eigenvalue weighted by molar-refractivity contribution is -0.130. The van der Waals surface area contributed by atoms with E-state index in [1.165, 1.54) is 0 Å². The van der Waals surface area contributed by atoms with Gasteiger partial charge in [0.15, 0.2) is 0 Å². The zero-order valence-electron chi connectivity index (χ0n) is 13.1. The minimum Gasteiger partial charge on any atom is -0.340 e. The molecule has 1 saturated heterocycles. The van der Waals surface area contributed by atoms with Crippen molar-refractivity contribution in [1.29, 1.82) is 0 Å². The van der Waals surface area contributed by atoms with Gasteiger partial charge in [-0.05, 0) is 24.6 Å². The van der Waals surface area contributed by atoms with Gasteiger partial charge in [-0.15, -0.1) is 0 Å². The number of hydrogen-bond donors (Lipinski definition) is 1. The highest BCUT2D eigenvalue weighted by Gasteiger charge is 2.18. The number of amides is 2. The number of rotatable bonds is 4. The molecule has 1 aliphatic rings. The van der Waals surface area contributed by atoms with Crippen LogP contribution in [-0.4, -0.2) is 54.3 Å². The molecule has 1 aromatic carbocycles. The summed E-state index contributed by atoms with van der Waals surface area (Å²) in [6, 6.07) is 5.50. The molecule has 2 rings (SSSR count). The van der Waals surface area contributed by atoms with E-state index in [1.807, 2.05) is 24.0 Å². The molecule has 0 bridgehead atoms. The summed E-state index contributed by atoms with van der Waals surface area (Å²) in [5, 5.41) is 3.51. The zero-order chi connectivity index (χ0) is 16.1. The standard InChI is InChI=1S/C16H22ClN3O2/c1-12-3-4-14(11-15(12)17)18-16(22)5-6-19-7-9-20(10-8-19)13(2)21/h3-4,11H,5-10H2,1-2H3,(H,18,22). The molecule has 0 atom stereocenters. The van der Waals surface area contributed by atoms with Gasteiger partial charge < -0.3 is 10.2 Å². The Bertz CT molecular complexity index is 554. The Balaban J connectivity index is 1.74. The number of halogens is 1. The van der Waals surface area contributed by atoms with Gasteiger partial charge in [0.2, 0.25) is 11.8 Å². The lowest BCUT2D eigenvalue weighted by atomic mass is 10.2. The Hall–Kier alpha value is -1.59. The van der Waals surface area contributed by atoms with Gasteiger partial charge in [0.1, 0.15) is 0 Å².